The van der Waals surface area contributed by atoms with Gasteiger partial charge in [0.2, 0.25) is 0 Å². The Hall–Kier alpha value is 0.400. The molecule has 0 aromatic carbocycles. The molecule has 0 heterocycles. The summed E-state index contributed by atoms with van der Waals surface area (Å²) in [5, 5.41) is 9.33. The molecule has 0 aliphatic rings. The molecule has 0 rings (SSSR count). The number of unbranched alkanes of at least 4 members (excludes halogenated alkanes) is 2. The van der Waals surface area contributed by atoms with Crippen LogP contribution in [0.15, 0.2) is 0 Å². The normalized spacial score (nSPS) is 10.2. The summed E-state index contributed by atoms with van der Waals surface area (Å²) in [6, 6.07) is 0. The van der Waals surface area contributed by atoms with Gasteiger partial charge < -0.3 is 9.84 Å². The highest BCUT2D eigenvalue weighted by Gasteiger charge is 1.87. The molecule has 0 bridgehead atoms. The topological polar surface area (TPSA) is 29.5 Å². The van der Waals surface area contributed by atoms with Gasteiger partial charge in [0.15, 0.2) is 0 Å². The minimum absolute atomic E-state index is 0.304. The van der Waals surface area contributed by atoms with E-state index in [1.165, 1.54) is 0 Å². The lowest BCUT2D eigenvalue weighted by molar-refractivity contribution is 0.144. The number of ether oxygens (including phenoxy) is 1. The van der Waals surface area contributed by atoms with E-state index < -0.39 is 0 Å². The molecule has 3 heteroatoms. The molecule has 0 amide bonds. The predicted molar refractivity (Wildman–Crippen MR) is 45.5 cm³/mol. The van der Waals surface area contributed by atoms with Crippen molar-refractivity contribution >= 4 is 15.9 Å². The summed E-state index contributed by atoms with van der Waals surface area (Å²) in [5.74, 6) is 0. The van der Waals surface area contributed by atoms with Crippen LogP contribution in [0.1, 0.15) is 19.3 Å². The van der Waals surface area contributed by atoms with E-state index in [9.17, 15) is 0 Å². The maximum absolute atomic E-state index is 8.42. The van der Waals surface area contributed by atoms with Crippen LogP contribution >= 0.6 is 15.9 Å². The first-order valence-corrected chi connectivity index (χ1v) is 4.78. The molecule has 2 nitrogen and oxygen atoms in total. The van der Waals surface area contributed by atoms with Crippen molar-refractivity contribution in [2.75, 3.05) is 25.2 Å². The van der Waals surface area contributed by atoms with Crippen LogP contribution in [0, 0.1) is 0 Å². The summed E-state index contributed by atoms with van der Waals surface area (Å²) in [6.45, 7) is 1.92. The third-order valence-electron chi connectivity index (χ3n) is 1.17. The molecule has 0 aromatic rings. The highest BCUT2D eigenvalue weighted by Crippen LogP contribution is 1.94. The predicted octanol–water partition coefficient (Wildman–Crippen LogP) is 1.56. The number of alkyl halides is 1. The Morgan fingerprint density at radius 2 is 1.90 bits per heavy atom. The van der Waals surface area contributed by atoms with Crippen LogP contribution in [0.3, 0.4) is 0 Å². The van der Waals surface area contributed by atoms with Crippen molar-refractivity contribution in [1.29, 1.82) is 0 Å². The zero-order valence-corrected chi connectivity index (χ0v) is 7.77. The lowest BCUT2D eigenvalue weighted by Crippen LogP contribution is -1.97. The molecule has 0 fully saturated rings. The summed E-state index contributed by atoms with van der Waals surface area (Å²) in [4.78, 5) is 0. The standard InChI is InChI=1S/C7H15BrO2/c8-4-7-10-6-3-1-2-5-9/h9H,1-7H2. The maximum Gasteiger partial charge on any atom is 0.0563 e. The van der Waals surface area contributed by atoms with Crippen molar-refractivity contribution in [2.45, 2.75) is 19.3 Å². The van der Waals surface area contributed by atoms with Crippen LogP contribution in [0.5, 0.6) is 0 Å². The Labute approximate surface area is 70.7 Å². The summed E-state index contributed by atoms with van der Waals surface area (Å²) < 4.78 is 5.20. The zero-order chi connectivity index (χ0) is 7.66. The van der Waals surface area contributed by atoms with E-state index in [0.29, 0.717) is 6.61 Å². The van der Waals surface area contributed by atoms with Crippen LogP contribution in [0.25, 0.3) is 0 Å². The van der Waals surface area contributed by atoms with Gasteiger partial charge in [-0.1, -0.05) is 15.9 Å². The molecule has 0 saturated carbocycles. The third-order valence-corrected chi connectivity index (χ3v) is 1.49. The van der Waals surface area contributed by atoms with Crippen molar-refractivity contribution in [2.24, 2.45) is 0 Å². The monoisotopic (exact) mass is 210 g/mol. The van der Waals surface area contributed by atoms with Crippen molar-refractivity contribution in [3.8, 4) is 0 Å². The van der Waals surface area contributed by atoms with Crippen LogP contribution in [-0.2, 0) is 4.74 Å². The Bertz CT molecular complexity index is 51.6. The minimum atomic E-state index is 0.304. The molecule has 1 N–H and O–H groups in total. The van der Waals surface area contributed by atoms with Gasteiger partial charge in [-0.05, 0) is 19.3 Å². The lowest BCUT2D eigenvalue weighted by Gasteiger charge is -1.99. The molecule has 0 radical (unpaired) electrons. The van der Waals surface area contributed by atoms with Gasteiger partial charge in [0.05, 0.1) is 6.61 Å². The molecule has 0 spiro atoms. The number of hydrogen-bond donors (Lipinski definition) is 1. The number of aliphatic hydroxyl groups is 1. The van der Waals surface area contributed by atoms with Crippen LogP contribution in [0.2, 0.25) is 0 Å². The molecule has 0 unspecified atom stereocenters. The molecule has 0 atom stereocenters. The minimum Gasteiger partial charge on any atom is -0.396 e. The van der Waals surface area contributed by atoms with Crippen LogP contribution < -0.4 is 0 Å². The molecule has 0 aliphatic carbocycles. The van der Waals surface area contributed by atoms with Crippen molar-refractivity contribution in [1.82, 2.24) is 0 Å². The maximum atomic E-state index is 8.42. The van der Waals surface area contributed by atoms with Crippen LogP contribution in [0.4, 0.5) is 0 Å². The summed E-state index contributed by atoms with van der Waals surface area (Å²) in [7, 11) is 0. The number of rotatable bonds is 7. The molecule has 10 heavy (non-hydrogen) atoms. The van der Waals surface area contributed by atoms with Gasteiger partial charge in [0, 0.05) is 18.5 Å². The summed E-state index contributed by atoms with van der Waals surface area (Å²) in [5.41, 5.74) is 0. The highest BCUT2D eigenvalue weighted by atomic mass is 79.9. The molecule has 62 valence electrons. The molecule has 0 aromatic heterocycles. The third kappa shape index (κ3) is 8.40. The Balaban J connectivity index is 2.65. The second-order valence-corrected chi connectivity index (χ2v) is 2.88. The van der Waals surface area contributed by atoms with Crippen molar-refractivity contribution in [3.05, 3.63) is 0 Å². The lowest BCUT2D eigenvalue weighted by atomic mass is 10.2. The fourth-order valence-corrected chi connectivity index (χ4v) is 0.878. The van der Waals surface area contributed by atoms with Gasteiger partial charge in [-0.25, -0.2) is 0 Å². The van der Waals surface area contributed by atoms with Crippen LogP contribution in [-0.4, -0.2) is 30.3 Å². The van der Waals surface area contributed by atoms with E-state index in [0.717, 1.165) is 37.8 Å². The van der Waals surface area contributed by atoms with E-state index in [2.05, 4.69) is 15.9 Å². The fraction of sp³-hybridized carbons (Fsp3) is 1.00. The van der Waals surface area contributed by atoms with E-state index in [1.807, 2.05) is 0 Å². The average molecular weight is 211 g/mol. The van der Waals surface area contributed by atoms with E-state index in [4.69, 9.17) is 9.84 Å². The fourth-order valence-electron chi connectivity index (χ4n) is 0.649. The summed E-state index contributed by atoms with van der Waals surface area (Å²) >= 11 is 3.27. The largest absolute Gasteiger partial charge is 0.396 e. The Morgan fingerprint density at radius 3 is 2.50 bits per heavy atom. The van der Waals surface area contributed by atoms with Gasteiger partial charge in [-0.3, -0.25) is 0 Å². The molecule has 0 aliphatic heterocycles. The van der Waals surface area contributed by atoms with E-state index in [-0.39, 0.29) is 0 Å². The van der Waals surface area contributed by atoms with Gasteiger partial charge in [-0.2, -0.15) is 0 Å². The van der Waals surface area contributed by atoms with E-state index >= 15 is 0 Å². The first-order valence-electron chi connectivity index (χ1n) is 3.66. The van der Waals surface area contributed by atoms with Gasteiger partial charge in [0.1, 0.15) is 0 Å². The van der Waals surface area contributed by atoms with Crippen molar-refractivity contribution in [3.63, 3.8) is 0 Å². The van der Waals surface area contributed by atoms with Gasteiger partial charge in [0.25, 0.3) is 0 Å². The van der Waals surface area contributed by atoms with E-state index in [1.54, 1.807) is 0 Å². The number of hydrogen-bond acceptors (Lipinski definition) is 2. The Kier molecular flexibility index (Phi) is 9.78. The smallest absolute Gasteiger partial charge is 0.0563 e. The molecular weight excluding hydrogens is 196 g/mol. The van der Waals surface area contributed by atoms with Gasteiger partial charge in [-0.15, -0.1) is 0 Å². The average Bonchev–Trinajstić information content (AvgIpc) is 1.97. The molecule has 0 saturated heterocycles. The summed E-state index contributed by atoms with van der Waals surface area (Å²) in [6.07, 6.45) is 3.03. The van der Waals surface area contributed by atoms with Gasteiger partial charge >= 0.3 is 0 Å². The first-order chi connectivity index (χ1) is 4.91. The SMILES string of the molecule is OCCCCCOCCBr. The highest BCUT2D eigenvalue weighted by molar-refractivity contribution is 9.09. The quantitative estimate of drug-likeness (QED) is 0.511. The second kappa shape index (κ2) is 9.40. The van der Waals surface area contributed by atoms with Crippen molar-refractivity contribution < 1.29 is 9.84 Å². The first kappa shape index (κ1) is 10.4. The second-order valence-electron chi connectivity index (χ2n) is 2.09. The Morgan fingerprint density at radius 1 is 1.10 bits per heavy atom. The molecular formula is C7H15BrO2. The zero-order valence-electron chi connectivity index (χ0n) is 6.18. The number of halogens is 1. The number of aliphatic hydroxyl groups excluding tert-OH is 1.